The number of alkyl halides is 6. The summed E-state index contributed by atoms with van der Waals surface area (Å²) in [7, 11) is 0. The van der Waals surface area contributed by atoms with E-state index in [1.54, 1.807) is 5.32 Å². The molecule has 118 valence electrons. The second kappa shape index (κ2) is 6.23. The number of anilines is 1. The number of halogens is 6. The Morgan fingerprint density at radius 2 is 1.86 bits per heavy atom. The predicted octanol–water partition coefficient (Wildman–Crippen LogP) is 3.82. The van der Waals surface area contributed by atoms with Gasteiger partial charge >= 0.3 is 18.4 Å². The van der Waals surface area contributed by atoms with Crippen molar-refractivity contribution in [3.8, 4) is 0 Å². The number of hydrogen-bond donors (Lipinski definition) is 2. The Bertz CT molecular complexity index is 501. The van der Waals surface area contributed by atoms with Gasteiger partial charge < -0.3 is 10.6 Å². The maximum Gasteiger partial charge on any atom is 0.324 e. The van der Waals surface area contributed by atoms with E-state index in [9.17, 15) is 31.1 Å². The molecule has 0 unspecified atom stereocenters. The van der Waals surface area contributed by atoms with Crippen LogP contribution in [0.25, 0.3) is 0 Å². The molecule has 0 radical (unpaired) electrons. The van der Waals surface area contributed by atoms with E-state index in [1.165, 1.54) is 12.1 Å². The Morgan fingerprint density at radius 1 is 1.24 bits per heavy atom. The molecule has 1 aromatic rings. The van der Waals surface area contributed by atoms with E-state index in [4.69, 9.17) is 0 Å². The first-order valence-electron chi connectivity index (χ1n) is 5.71. The van der Waals surface area contributed by atoms with Crippen LogP contribution in [0.1, 0.15) is 12.5 Å². The summed E-state index contributed by atoms with van der Waals surface area (Å²) in [5, 5.41) is 3.55. The van der Waals surface area contributed by atoms with Gasteiger partial charge in [0.05, 0.1) is 6.54 Å². The highest BCUT2D eigenvalue weighted by Gasteiger charge is 2.40. The van der Waals surface area contributed by atoms with Gasteiger partial charge in [-0.1, -0.05) is 12.1 Å². The van der Waals surface area contributed by atoms with Crippen LogP contribution in [-0.2, 0) is 5.92 Å². The van der Waals surface area contributed by atoms with Crippen LogP contribution in [0.3, 0.4) is 0 Å². The molecule has 0 fully saturated rings. The molecule has 0 saturated heterocycles. The Kier molecular flexibility index (Phi) is 5.08. The lowest BCUT2D eigenvalue weighted by Crippen LogP contribution is -2.42. The third-order valence-corrected chi connectivity index (χ3v) is 2.43. The molecule has 0 aliphatic carbocycles. The van der Waals surface area contributed by atoms with E-state index in [-0.39, 0.29) is 5.69 Å². The summed E-state index contributed by atoms with van der Waals surface area (Å²) >= 11 is 0. The molecule has 0 aliphatic rings. The van der Waals surface area contributed by atoms with Crippen LogP contribution in [0, 0.1) is 0 Å². The Morgan fingerprint density at radius 3 is 2.38 bits per heavy atom. The highest BCUT2D eigenvalue weighted by Crippen LogP contribution is 2.28. The quantitative estimate of drug-likeness (QED) is 0.797. The topological polar surface area (TPSA) is 41.1 Å². The standard InChI is InChI=1S/C12H12F6N2O/c1-11(15,16)7-3-2-4-8(5-7)20-10(21)19-6-12(17,18)9(13)14/h2-5,9H,6H2,1H3,(H2,19,20,21). The van der Waals surface area contributed by atoms with Crippen LogP contribution in [0.15, 0.2) is 24.3 Å². The van der Waals surface area contributed by atoms with Gasteiger partial charge in [0.25, 0.3) is 5.92 Å². The maximum absolute atomic E-state index is 13.1. The average Bonchev–Trinajstić information content (AvgIpc) is 2.35. The lowest BCUT2D eigenvalue weighted by Gasteiger charge is -2.16. The van der Waals surface area contributed by atoms with E-state index < -0.39 is 36.4 Å². The Hall–Kier alpha value is -1.93. The largest absolute Gasteiger partial charge is 0.332 e. The van der Waals surface area contributed by atoms with Crippen LogP contribution < -0.4 is 10.6 Å². The first-order chi connectivity index (χ1) is 9.52. The van der Waals surface area contributed by atoms with Crippen LogP contribution in [0.4, 0.5) is 36.8 Å². The van der Waals surface area contributed by atoms with Gasteiger partial charge in [-0.2, -0.15) is 8.78 Å². The minimum absolute atomic E-state index is 0.0770. The molecule has 0 bridgehead atoms. The number of amides is 2. The summed E-state index contributed by atoms with van der Waals surface area (Å²) in [5.74, 6) is -7.51. The van der Waals surface area contributed by atoms with Gasteiger partial charge in [-0.05, 0) is 12.1 Å². The SMILES string of the molecule is CC(F)(F)c1cccc(NC(=O)NCC(F)(F)C(F)F)c1. The summed E-state index contributed by atoms with van der Waals surface area (Å²) in [5.41, 5.74) is -0.468. The van der Waals surface area contributed by atoms with Gasteiger partial charge in [-0.15, -0.1) is 0 Å². The van der Waals surface area contributed by atoms with Gasteiger partial charge in [0.2, 0.25) is 0 Å². The maximum atomic E-state index is 13.1. The summed E-state index contributed by atoms with van der Waals surface area (Å²) in [6, 6.07) is 3.35. The predicted molar refractivity (Wildman–Crippen MR) is 64.0 cm³/mol. The molecule has 21 heavy (non-hydrogen) atoms. The van der Waals surface area contributed by atoms with Crippen molar-refractivity contribution in [2.24, 2.45) is 0 Å². The monoisotopic (exact) mass is 314 g/mol. The molecular weight excluding hydrogens is 302 g/mol. The van der Waals surface area contributed by atoms with Crippen molar-refractivity contribution < 1.29 is 31.1 Å². The Labute approximate surface area is 116 Å². The minimum Gasteiger partial charge on any atom is -0.332 e. The fourth-order valence-electron chi connectivity index (χ4n) is 1.32. The average molecular weight is 314 g/mol. The van der Waals surface area contributed by atoms with Crippen molar-refractivity contribution in [2.75, 3.05) is 11.9 Å². The van der Waals surface area contributed by atoms with Crippen molar-refractivity contribution >= 4 is 11.7 Å². The van der Waals surface area contributed by atoms with Gasteiger partial charge in [-0.3, -0.25) is 0 Å². The summed E-state index contributed by atoms with van der Waals surface area (Å²) in [6.07, 6.45) is -3.92. The number of carbonyl (C=O) groups is 1. The van der Waals surface area contributed by atoms with Gasteiger partial charge in [0.1, 0.15) is 0 Å². The van der Waals surface area contributed by atoms with Crippen molar-refractivity contribution in [1.82, 2.24) is 5.32 Å². The molecule has 0 atom stereocenters. The van der Waals surface area contributed by atoms with E-state index in [0.717, 1.165) is 12.1 Å². The third-order valence-electron chi connectivity index (χ3n) is 2.43. The molecule has 3 nitrogen and oxygen atoms in total. The number of benzene rings is 1. The zero-order valence-corrected chi connectivity index (χ0v) is 10.8. The molecule has 0 spiro atoms. The third kappa shape index (κ3) is 5.16. The van der Waals surface area contributed by atoms with Crippen LogP contribution in [0.2, 0.25) is 0 Å². The molecule has 0 heterocycles. The van der Waals surface area contributed by atoms with Crippen LogP contribution in [-0.4, -0.2) is 24.9 Å². The van der Waals surface area contributed by atoms with Crippen molar-refractivity contribution in [1.29, 1.82) is 0 Å². The second-order valence-corrected chi connectivity index (χ2v) is 4.34. The number of nitrogens with one attached hydrogen (secondary N) is 2. The Balaban J connectivity index is 2.64. The molecule has 1 rings (SSSR count). The molecule has 9 heteroatoms. The van der Waals surface area contributed by atoms with Crippen LogP contribution >= 0.6 is 0 Å². The fourth-order valence-corrected chi connectivity index (χ4v) is 1.32. The molecule has 0 aromatic heterocycles. The summed E-state index contributed by atoms with van der Waals surface area (Å²) in [6.45, 7) is -0.921. The summed E-state index contributed by atoms with van der Waals surface area (Å²) < 4.78 is 75.0. The van der Waals surface area contributed by atoms with Crippen molar-refractivity contribution in [3.05, 3.63) is 29.8 Å². The minimum atomic E-state index is -4.37. The molecule has 0 aliphatic heterocycles. The van der Waals surface area contributed by atoms with E-state index in [1.807, 2.05) is 5.32 Å². The lowest BCUT2D eigenvalue weighted by molar-refractivity contribution is -0.123. The zero-order valence-electron chi connectivity index (χ0n) is 10.8. The number of rotatable bonds is 5. The molecule has 1 aromatic carbocycles. The smallest absolute Gasteiger partial charge is 0.324 e. The molecule has 0 saturated carbocycles. The highest BCUT2D eigenvalue weighted by atomic mass is 19.3. The highest BCUT2D eigenvalue weighted by molar-refractivity contribution is 5.89. The van der Waals surface area contributed by atoms with E-state index in [2.05, 4.69) is 0 Å². The zero-order chi connectivity index (χ0) is 16.3. The second-order valence-electron chi connectivity index (χ2n) is 4.34. The van der Waals surface area contributed by atoms with Crippen LogP contribution in [0.5, 0.6) is 0 Å². The van der Waals surface area contributed by atoms with Crippen molar-refractivity contribution in [2.45, 2.75) is 25.2 Å². The van der Waals surface area contributed by atoms with Gasteiger partial charge in [0, 0.05) is 18.2 Å². The van der Waals surface area contributed by atoms with Gasteiger partial charge in [-0.25, -0.2) is 22.4 Å². The number of urea groups is 1. The fraction of sp³-hybridized carbons (Fsp3) is 0.417. The van der Waals surface area contributed by atoms with Crippen molar-refractivity contribution in [3.63, 3.8) is 0 Å². The lowest BCUT2D eigenvalue weighted by atomic mass is 10.1. The number of hydrogen-bond acceptors (Lipinski definition) is 1. The first kappa shape index (κ1) is 17.1. The van der Waals surface area contributed by atoms with E-state index >= 15 is 0 Å². The normalized spacial score (nSPS) is 12.4. The number of carbonyl (C=O) groups excluding carboxylic acids is 1. The molecule has 2 amide bonds. The van der Waals surface area contributed by atoms with Gasteiger partial charge in [0.15, 0.2) is 0 Å². The first-order valence-corrected chi connectivity index (χ1v) is 5.71. The summed E-state index contributed by atoms with van der Waals surface area (Å²) in [4.78, 5) is 11.3. The molecular formula is C12H12F6N2O. The molecule has 2 N–H and O–H groups in total. The van der Waals surface area contributed by atoms with E-state index in [0.29, 0.717) is 6.92 Å².